The van der Waals surface area contributed by atoms with Crippen LogP contribution in [0.2, 0.25) is 0 Å². The summed E-state index contributed by atoms with van der Waals surface area (Å²) in [5.41, 5.74) is 2.50. The Morgan fingerprint density at radius 1 is 1.13 bits per heavy atom. The zero-order valence-electron chi connectivity index (χ0n) is 13.3. The van der Waals surface area contributed by atoms with Gasteiger partial charge in [0.15, 0.2) is 0 Å². The van der Waals surface area contributed by atoms with Crippen LogP contribution in [0.15, 0.2) is 48.5 Å². The molecule has 0 bridgehead atoms. The van der Waals surface area contributed by atoms with Crippen LogP contribution in [0.25, 0.3) is 0 Å². The standard InChI is InChI=1S/C18H20N2O3/c1-22-11-10-20-17(13-6-5-7-14(12-13)23-2)19-16-9-4-3-8-15(16)18(20)21/h3-9,12,17,19H,10-11H2,1-2H3/t17-/m1/s1. The number of carbonyl (C=O) groups is 1. The summed E-state index contributed by atoms with van der Waals surface area (Å²) in [5.74, 6) is 0.770. The first-order valence-electron chi connectivity index (χ1n) is 7.54. The Balaban J connectivity index is 2.00. The molecule has 5 heteroatoms. The highest BCUT2D eigenvalue weighted by Crippen LogP contribution is 2.33. The third-order valence-corrected chi connectivity index (χ3v) is 3.97. The zero-order chi connectivity index (χ0) is 16.2. The predicted octanol–water partition coefficient (Wildman–Crippen LogP) is 2.91. The van der Waals surface area contributed by atoms with Gasteiger partial charge in [0.25, 0.3) is 5.91 Å². The lowest BCUT2D eigenvalue weighted by molar-refractivity contribution is 0.0609. The summed E-state index contributed by atoms with van der Waals surface area (Å²) >= 11 is 0. The lowest BCUT2D eigenvalue weighted by atomic mass is 10.0. The number of fused-ring (bicyclic) bond motifs is 1. The van der Waals surface area contributed by atoms with Crippen molar-refractivity contribution in [3.63, 3.8) is 0 Å². The summed E-state index contributed by atoms with van der Waals surface area (Å²) < 4.78 is 10.5. The average Bonchev–Trinajstić information content (AvgIpc) is 2.61. The molecule has 1 aliphatic rings. The average molecular weight is 312 g/mol. The van der Waals surface area contributed by atoms with E-state index in [1.807, 2.05) is 48.5 Å². The van der Waals surface area contributed by atoms with Crippen molar-refractivity contribution in [1.29, 1.82) is 0 Å². The minimum atomic E-state index is -0.248. The molecule has 0 saturated carbocycles. The van der Waals surface area contributed by atoms with Gasteiger partial charge in [-0.2, -0.15) is 0 Å². The molecule has 120 valence electrons. The van der Waals surface area contributed by atoms with E-state index in [-0.39, 0.29) is 12.1 Å². The van der Waals surface area contributed by atoms with E-state index in [1.54, 1.807) is 19.1 Å². The van der Waals surface area contributed by atoms with Crippen LogP contribution in [0.1, 0.15) is 22.1 Å². The van der Waals surface area contributed by atoms with Crippen LogP contribution in [-0.2, 0) is 4.74 Å². The molecule has 0 saturated heterocycles. The van der Waals surface area contributed by atoms with Crippen molar-refractivity contribution >= 4 is 11.6 Å². The van der Waals surface area contributed by atoms with E-state index in [0.717, 1.165) is 17.0 Å². The molecule has 23 heavy (non-hydrogen) atoms. The molecule has 3 rings (SSSR count). The molecule has 0 fully saturated rings. The van der Waals surface area contributed by atoms with E-state index in [1.165, 1.54) is 0 Å². The number of nitrogens with zero attached hydrogens (tertiary/aromatic N) is 1. The molecule has 0 unspecified atom stereocenters. The number of hydrogen-bond donors (Lipinski definition) is 1. The number of amides is 1. The van der Waals surface area contributed by atoms with Gasteiger partial charge >= 0.3 is 0 Å². The Morgan fingerprint density at radius 2 is 1.96 bits per heavy atom. The summed E-state index contributed by atoms with van der Waals surface area (Å²) in [6.45, 7) is 0.995. The molecule has 1 N–H and O–H groups in total. The van der Waals surface area contributed by atoms with Crippen molar-refractivity contribution in [2.75, 3.05) is 32.7 Å². The number of methoxy groups -OCH3 is 2. The van der Waals surface area contributed by atoms with Crippen molar-refractivity contribution in [1.82, 2.24) is 4.90 Å². The zero-order valence-corrected chi connectivity index (χ0v) is 13.3. The minimum Gasteiger partial charge on any atom is -0.497 e. The second-order valence-electron chi connectivity index (χ2n) is 5.36. The number of ether oxygens (including phenoxy) is 2. The van der Waals surface area contributed by atoms with Crippen LogP contribution >= 0.6 is 0 Å². The molecule has 1 atom stereocenters. The quantitative estimate of drug-likeness (QED) is 0.922. The Morgan fingerprint density at radius 3 is 2.74 bits per heavy atom. The molecule has 1 heterocycles. The molecule has 0 aliphatic carbocycles. The lowest BCUT2D eigenvalue weighted by Crippen LogP contribution is -2.44. The fourth-order valence-electron chi connectivity index (χ4n) is 2.79. The molecular formula is C18H20N2O3. The fourth-order valence-corrected chi connectivity index (χ4v) is 2.79. The van der Waals surface area contributed by atoms with Gasteiger partial charge in [0, 0.05) is 19.3 Å². The Labute approximate surface area is 135 Å². The fraction of sp³-hybridized carbons (Fsp3) is 0.278. The van der Waals surface area contributed by atoms with Gasteiger partial charge in [-0.25, -0.2) is 0 Å². The Hall–Kier alpha value is -2.53. The topological polar surface area (TPSA) is 50.8 Å². The third kappa shape index (κ3) is 3.00. The van der Waals surface area contributed by atoms with Crippen LogP contribution < -0.4 is 10.1 Å². The highest BCUT2D eigenvalue weighted by atomic mass is 16.5. The number of hydrogen-bond acceptors (Lipinski definition) is 4. The molecular weight excluding hydrogens is 292 g/mol. The molecule has 2 aromatic carbocycles. The second-order valence-corrected chi connectivity index (χ2v) is 5.36. The van der Waals surface area contributed by atoms with Gasteiger partial charge in [-0.15, -0.1) is 0 Å². The maximum Gasteiger partial charge on any atom is 0.257 e. The van der Waals surface area contributed by atoms with Crippen molar-refractivity contribution in [2.24, 2.45) is 0 Å². The van der Waals surface area contributed by atoms with Crippen LogP contribution in [-0.4, -0.2) is 38.2 Å². The maximum atomic E-state index is 12.9. The van der Waals surface area contributed by atoms with E-state index in [2.05, 4.69) is 5.32 Å². The van der Waals surface area contributed by atoms with Gasteiger partial charge in [0.1, 0.15) is 11.9 Å². The highest BCUT2D eigenvalue weighted by Gasteiger charge is 2.32. The number of rotatable bonds is 5. The summed E-state index contributed by atoms with van der Waals surface area (Å²) in [6.07, 6.45) is -0.248. The predicted molar refractivity (Wildman–Crippen MR) is 88.7 cm³/mol. The number of carbonyl (C=O) groups excluding carboxylic acids is 1. The second kappa shape index (κ2) is 6.71. The van der Waals surface area contributed by atoms with E-state index in [0.29, 0.717) is 18.7 Å². The Kier molecular flexibility index (Phi) is 4.48. The number of para-hydroxylation sites is 1. The van der Waals surface area contributed by atoms with Crippen molar-refractivity contribution < 1.29 is 14.3 Å². The van der Waals surface area contributed by atoms with Crippen molar-refractivity contribution in [3.05, 3.63) is 59.7 Å². The highest BCUT2D eigenvalue weighted by molar-refractivity contribution is 6.01. The van der Waals surface area contributed by atoms with Crippen molar-refractivity contribution in [3.8, 4) is 5.75 Å². The largest absolute Gasteiger partial charge is 0.497 e. The Bertz CT molecular complexity index is 702. The van der Waals surface area contributed by atoms with Gasteiger partial charge in [0.05, 0.1) is 19.3 Å². The van der Waals surface area contributed by atoms with E-state index >= 15 is 0 Å². The van der Waals surface area contributed by atoms with Gasteiger partial charge in [-0.1, -0.05) is 24.3 Å². The summed E-state index contributed by atoms with van der Waals surface area (Å²) in [5, 5.41) is 3.45. The normalized spacial score (nSPS) is 16.7. The number of benzene rings is 2. The monoisotopic (exact) mass is 312 g/mol. The van der Waals surface area contributed by atoms with Crippen LogP contribution in [0.5, 0.6) is 5.75 Å². The molecule has 1 amide bonds. The summed E-state index contributed by atoms with van der Waals surface area (Å²) in [7, 11) is 3.27. The van der Waals surface area contributed by atoms with Gasteiger partial charge in [0.2, 0.25) is 0 Å². The first kappa shape index (κ1) is 15.4. The summed E-state index contributed by atoms with van der Waals surface area (Å²) in [6, 6.07) is 15.3. The molecule has 1 aliphatic heterocycles. The molecule has 2 aromatic rings. The lowest BCUT2D eigenvalue weighted by Gasteiger charge is -2.38. The van der Waals surface area contributed by atoms with E-state index < -0.39 is 0 Å². The molecule has 0 aromatic heterocycles. The number of nitrogens with one attached hydrogen (secondary N) is 1. The van der Waals surface area contributed by atoms with E-state index in [4.69, 9.17) is 9.47 Å². The SMILES string of the molecule is COCCN1C(=O)c2ccccc2N[C@H]1c1cccc(OC)c1. The van der Waals surface area contributed by atoms with E-state index in [9.17, 15) is 4.79 Å². The third-order valence-electron chi connectivity index (χ3n) is 3.97. The van der Waals surface area contributed by atoms with Crippen molar-refractivity contribution in [2.45, 2.75) is 6.17 Å². The minimum absolute atomic E-state index is 0.00391. The first-order chi connectivity index (χ1) is 11.2. The van der Waals surface area contributed by atoms with Gasteiger partial charge in [-0.05, 0) is 29.8 Å². The summed E-state index contributed by atoms with van der Waals surface area (Å²) in [4.78, 5) is 14.7. The smallest absolute Gasteiger partial charge is 0.257 e. The van der Waals surface area contributed by atoms with Crippen LogP contribution in [0.3, 0.4) is 0 Å². The maximum absolute atomic E-state index is 12.9. The number of anilines is 1. The van der Waals surface area contributed by atoms with Gasteiger partial charge < -0.3 is 19.7 Å². The molecule has 0 radical (unpaired) electrons. The molecule has 0 spiro atoms. The first-order valence-corrected chi connectivity index (χ1v) is 7.54. The van der Waals surface area contributed by atoms with Crippen LogP contribution in [0.4, 0.5) is 5.69 Å². The van der Waals surface area contributed by atoms with Crippen LogP contribution in [0, 0.1) is 0 Å². The van der Waals surface area contributed by atoms with Gasteiger partial charge in [-0.3, -0.25) is 4.79 Å². The molecule has 5 nitrogen and oxygen atoms in total.